The number of methoxy groups -OCH3 is 2. The molecule has 1 unspecified atom stereocenters. The maximum Gasteiger partial charge on any atom is 0.0829 e. The second-order valence-corrected chi connectivity index (χ2v) is 3.55. The van der Waals surface area contributed by atoms with E-state index in [0.717, 1.165) is 19.5 Å². The van der Waals surface area contributed by atoms with Crippen molar-refractivity contribution in [3.8, 4) is 0 Å². The molecule has 1 N–H and O–H groups in total. The Kier molecular flexibility index (Phi) is 4.98. The number of nitrogens with one attached hydrogen (secondary N) is 1. The maximum atomic E-state index is 4.93. The van der Waals surface area contributed by atoms with Crippen molar-refractivity contribution in [2.45, 2.75) is 6.42 Å². The van der Waals surface area contributed by atoms with Gasteiger partial charge in [0.15, 0.2) is 0 Å². The van der Waals surface area contributed by atoms with Crippen molar-refractivity contribution in [3.63, 3.8) is 0 Å². The molecule has 0 saturated carbocycles. The second kappa shape index (κ2) is 6.30. The zero-order valence-electron chi connectivity index (χ0n) is 9.45. The van der Waals surface area contributed by atoms with Gasteiger partial charge in [-0.05, 0) is 17.7 Å². The molecule has 3 heteroatoms. The minimum absolute atomic E-state index is 0.934. The maximum absolute atomic E-state index is 4.93. The Morgan fingerprint density at radius 2 is 1.73 bits per heavy atom. The van der Waals surface area contributed by atoms with Crippen LogP contribution in [0.15, 0.2) is 35.8 Å². The highest BCUT2D eigenvalue weighted by Crippen LogP contribution is 2.13. The smallest absolute Gasteiger partial charge is 0.0829 e. The zero-order chi connectivity index (χ0) is 11.1. The Morgan fingerprint density at radius 3 is 2.33 bits per heavy atom. The van der Waals surface area contributed by atoms with Crippen LogP contribution in [0.5, 0.6) is 0 Å². The normalized spacial score (nSPS) is 22.7. The first-order valence-corrected chi connectivity index (χ1v) is 5.05. The summed E-state index contributed by atoms with van der Waals surface area (Å²) in [6.07, 6.45) is 8.46. The van der Waals surface area contributed by atoms with Gasteiger partial charge in [0, 0.05) is 12.0 Å². The second-order valence-electron chi connectivity index (χ2n) is 3.55. The summed E-state index contributed by atoms with van der Waals surface area (Å²) >= 11 is 0. The summed E-state index contributed by atoms with van der Waals surface area (Å²) in [4.78, 5) is 1.28. The minimum Gasteiger partial charge on any atom is -0.504 e. The topological polar surface area (TPSA) is 22.9 Å². The summed E-state index contributed by atoms with van der Waals surface area (Å²) in [5, 5.41) is 0. The van der Waals surface area contributed by atoms with E-state index in [0.29, 0.717) is 0 Å². The molecule has 0 aromatic heterocycles. The Labute approximate surface area is 91.7 Å². The number of hydrogen-bond acceptors (Lipinski definition) is 2. The molecular formula is C12H19NO2. The number of ether oxygens (including phenoxy) is 2. The Balaban J connectivity index is 2.80. The Morgan fingerprint density at radius 1 is 1.13 bits per heavy atom. The fourth-order valence-corrected chi connectivity index (χ4v) is 1.60. The fourth-order valence-electron chi connectivity index (χ4n) is 1.60. The van der Waals surface area contributed by atoms with E-state index in [1.807, 2.05) is 12.2 Å². The largest absolute Gasteiger partial charge is 0.504 e. The number of quaternary nitrogens is 1. The monoisotopic (exact) mass is 209 g/mol. The van der Waals surface area contributed by atoms with Gasteiger partial charge in [-0.3, -0.25) is 0 Å². The highest BCUT2D eigenvalue weighted by Gasteiger charge is 2.12. The van der Waals surface area contributed by atoms with Gasteiger partial charge in [-0.15, -0.1) is 0 Å². The van der Waals surface area contributed by atoms with Crippen LogP contribution < -0.4 is 4.90 Å². The van der Waals surface area contributed by atoms with Crippen molar-refractivity contribution in [1.29, 1.82) is 0 Å². The third-order valence-electron chi connectivity index (χ3n) is 2.41. The lowest BCUT2D eigenvalue weighted by molar-refractivity contribution is -0.849. The van der Waals surface area contributed by atoms with Crippen LogP contribution in [-0.2, 0) is 9.47 Å². The van der Waals surface area contributed by atoms with Crippen LogP contribution in [0.2, 0.25) is 0 Å². The van der Waals surface area contributed by atoms with Gasteiger partial charge in [-0.1, -0.05) is 0 Å². The van der Waals surface area contributed by atoms with Gasteiger partial charge >= 0.3 is 0 Å². The molecule has 0 aromatic rings. The summed E-state index contributed by atoms with van der Waals surface area (Å²) in [6, 6.07) is 0. The Hall–Kier alpha value is -1.22. The minimum atomic E-state index is 0.934. The average Bonchev–Trinajstić information content (AvgIpc) is 2.25. The number of rotatable bonds is 4. The van der Waals surface area contributed by atoms with E-state index < -0.39 is 0 Å². The molecule has 0 radical (unpaired) electrons. The predicted octanol–water partition coefficient (Wildman–Crippen LogP) is 0.683. The van der Waals surface area contributed by atoms with Gasteiger partial charge in [0.25, 0.3) is 0 Å². The van der Waals surface area contributed by atoms with Crippen molar-refractivity contribution in [2.24, 2.45) is 0 Å². The van der Waals surface area contributed by atoms with Crippen LogP contribution in [-0.4, -0.2) is 27.3 Å². The molecule has 0 saturated heterocycles. The zero-order valence-corrected chi connectivity index (χ0v) is 9.45. The summed E-state index contributed by atoms with van der Waals surface area (Å²) in [5.41, 5.74) is 2.57. The fraction of sp³-hybridized carbons (Fsp3) is 0.417. The first-order valence-electron chi connectivity index (χ1n) is 5.05. The molecule has 0 fully saturated rings. The molecule has 84 valence electrons. The molecule has 0 spiro atoms. The van der Waals surface area contributed by atoms with Crippen LogP contribution in [0.1, 0.15) is 6.42 Å². The van der Waals surface area contributed by atoms with Crippen LogP contribution in [0.25, 0.3) is 0 Å². The molecule has 0 aliphatic carbocycles. The standard InChI is InChI=1S/C12H19NO2/c1-13-7-4-11(5-8-14-2)12(10-13)6-9-15-3/h5-6,8-9,13H,1,4,7,10H2,2-3H3. The molecule has 1 rings (SSSR count). The van der Waals surface area contributed by atoms with Crippen LogP contribution in [0.3, 0.4) is 0 Å². The molecule has 1 atom stereocenters. The lowest BCUT2D eigenvalue weighted by atomic mass is 10.0. The molecule has 0 amide bonds. The van der Waals surface area contributed by atoms with Gasteiger partial charge in [-0.2, -0.15) is 7.05 Å². The van der Waals surface area contributed by atoms with Crippen molar-refractivity contribution >= 4 is 0 Å². The number of allylic oxidation sites excluding steroid dienone is 1. The molecule has 0 bridgehead atoms. The van der Waals surface area contributed by atoms with Gasteiger partial charge in [0.2, 0.25) is 0 Å². The Bertz CT molecular complexity index is 279. The van der Waals surface area contributed by atoms with Crippen LogP contribution in [0, 0.1) is 7.05 Å². The highest BCUT2D eigenvalue weighted by atomic mass is 16.5. The van der Waals surface area contributed by atoms with Crippen molar-refractivity contribution in [1.82, 2.24) is 0 Å². The van der Waals surface area contributed by atoms with E-state index in [4.69, 9.17) is 9.47 Å². The summed E-state index contributed by atoms with van der Waals surface area (Å²) in [5.74, 6) is 0. The summed E-state index contributed by atoms with van der Waals surface area (Å²) in [6.45, 7) is 2.00. The SMILES string of the molecule is [CH2-][NH+]1CCC(C=COC)=C(C=COC)C1. The molecule has 1 heterocycles. The van der Waals surface area contributed by atoms with E-state index in [9.17, 15) is 0 Å². The molecular weight excluding hydrogens is 190 g/mol. The predicted molar refractivity (Wildman–Crippen MR) is 60.0 cm³/mol. The molecule has 1 aliphatic rings. The molecule has 0 aromatic carbocycles. The average molecular weight is 209 g/mol. The molecule has 3 nitrogen and oxygen atoms in total. The van der Waals surface area contributed by atoms with E-state index in [2.05, 4.69) is 7.05 Å². The lowest BCUT2D eigenvalue weighted by Crippen LogP contribution is -3.07. The van der Waals surface area contributed by atoms with Gasteiger partial charge in [0.05, 0.1) is 39.8 Å². The lowest BCUT2D eigenvalue weighted by Gasteiger charge is -2.27. The van der Waals surface area contributed by atoms with E-state index >= 15 is 0 Å². The van der Waals surface area contributed by atoms with E-state index in [1.165, 1.54) is 16.0 Å². The van der Waals surface area contributed by atoms with Crippen molar-refractivity contribution < 1.29 is 14.4 Å². The van der Waals surface area contributed by atoms with Crippen LogP contribution in [0.4, 0.5) is 0 Å². The van der Waals surface area contributed by atoms with Gasteiger partial charge in [-0.25, -0.2) is 0 Å². The highest BCUT2D eigenvalue weighted by molar-refractivity contribution is 5.33. The van der Waals surface area contributed by atoms with Crippen molar-refractivity contribution in [3.05, 3.63) is 42.9 Å². The van der Waals surface area contributed by atoms with Crippen molar-refractivity contribution in [2.75, 3.05) is 27.3 Å². The first-order chi connectivity index (χ1) is 7.27. The number of hydrogen-bond donors (Lipinski definition) is 1. The van der Waals surface area contributed by atoms with Crippen LogP contribution >= 0.6 is 0 Å². The third-order valence-corrected chi connectivity index (χ3v) is 2.41. The summed E-state index contributed by atoms with van der Waals surface area (Å²) in [7, 11) is 7.33. The summed E-state index contributed by atoms with van der Waals surface area (Å²) < 4.78 is 9.86. The van der Waals surface area contributed by atoms with E-state index in [1.54, 1.807) is 26.7 Å². The molecule has 15 heavy (non-hydrogen) atoms. The quantitative estimate of drug-likeness (QED) is 0.543. The van der Waals surface area contributed by atoms with Gasteiger partial charge in [0.1, 0.15) is 0 Å². The first kappa shape index (κ1) is 11.9. The third kappa shape index (κ3) is 3.80. The molecule has 1 aliphatic heterocycles. The van der Waals surface area contributed by atoms with E-state index in [-0.39, 0.29) is 0 Å². The van der Waals surface area contributed by atoms with Gasteiger partial charge < -0.3 is 14.4 Å².